The minimum atomic E-state index is -1.48. The molecule has 0 bridgehead atoms. The number of esters is 1. The van der Waals surface area contributed by atoms with E-state index in [1.54, 1.807) is 0 Å². The molecule has 0 spiro atoms. The highest BCUT2D eigenvalue weighted by Crippen LogP contribution is 2.58. The van der Waals surface area contributed by atoms with Gasteiger partial charge in [0, 0.05) is 52.9 Å². The third-order valence-electron chi connectivity index (χ3n) is 7.98. The lowest BCUT2D eigenvalue weighted by molar-refractivity contribution is 0.0258. The van der Waals surface area contributed by atoms with E-state index in [1.165, 1.54) is 0 Å². The molecular formula is C33H26Cl4N2O2. The van der Waals surface area contributed by atoms with Crippen molar-refractivity contribution in [2.24, 2.45) is 0 Å². The Hall–Kier alpha value is -3.15. The second-order valence-corrected chi connectivity index (χ2v) is 11.5. The van der Waals surface area contributed by atoms with Crippen molar-refractivity contribution in [2.45, 2.75) is 26.4 Å². The predicted octanol–water partition coefficient (Wildman–Crippen LogP) is 9.84. The standard InChI is InChI=1S/C33H26Cl4N2O2/c1-4-38(5-2)22-16-14-21(15-17-22)33(27-25(32(40)41-33)28(34)30(36)31(37)29(27)35)26-23-13-9-10-18-39(23)19(3)24(26)20-11-7-6-8-12-20/h6-18H,4-5H2,1-3H3. The van der Waals surface area contributed by atoms with Gasteiger partial charge in [-0.25, -0.2) is 4.79 Å². The third kappa shape index (κ3) is 4.07. The molecule has 3 heterocycles. The van der Waals surface area contributed by atoms with Crippen LogP contribution in [-0.4, -0.2) is 23.5 Å². The fourth-order valence-electron chi connectivity index (χ4n) is 6.10. The average molecular weight is 624 g/mol. The summed E-state index contributed by atoms with van der Waals surface area (Å²) in [4.78, 5) is 16.1. The fourth-order valence-corrected chi connectivity index (χ4v) is 7.16. The third-order valence-corrected chi connectivity index (χ3v) is 9.78. The van der Waals surface area contributed by atoms with Crippen molar-refractivity contribution >= 4 is 63.6 Å². The summed E-state index contributed by atoms with van der Waals surface area (Å²) >= 11 is 26.9. The molecule has 0 saturated heterocycles. The summed E-state index contributed by atoms with van der Waals surface area (Å²) in [6, 6.07) is 24.0. The monoisotopic (exact) mass is 622 g/mol. The second kappa shape index (κ2) is 10.6. The molecule has 3 aromatic carbocycles. The summed E-state index contributed by atoms with van der Waals surface area (Å²) in [6.07, 6.45) is 2.00. The number of pyridine rings is 1. The number of carbonyl (C=O) groups excluding carboxylic acids is 1. The van der Waals surface area contributed by atoms with E-state index in [2.05, 4.69) is 30.1 Å². The molecule has 41 heavy (non-hydrogen) atoms. The van der Waals surface area contributed by atoms with Gasteiger partial charge in [0.15, 0.2) is 5.60 Å². The van der Waals surface area contributed by atoms with Crippen LogP contribution in [0.3, 0.4) is 0 Å². The number of ether oxygens (including phenoxy) is 1. The van der Waals surface area contributed by atoms with Gasteiger partial charge in [-0.2, -0.15) is 0 Å². The molecule has 1 atom stereocenters. The first-order valence-electron chi connectivity index (χ1n) is 13.4. The zero-order valence-corrected chi connectivity index (χ0v) is 25.7. The lowest BCUT2D eigenvalue weighted by Crippen LogP contribution is -2.31. The van der Waals surface area contributed by atoms with Crippen LogP contribution in [0.4, 0.5) is 5.69 Å². The summed E-state index contributed by atoms with van der Waals surface area (Å²) in [5.41, 5.74) is 5.28. The van der Waals surface area contributed by atoms with Gasteiger partial charge in [-0.05, 0) is 50.6 Å². The zero-order chi connectivity index (χ0) is 29.1. The van der Waals surface area contributed by atoms with Gasteiger partial charge in [-0.1, -0.05) is 94.9 Å². The number of aromatic nitrogens is 1. The van der Waals surface area contributed by atoms with Crippen LogP contribution in [0, 0.1) is 6.92 Å². The van der Waals surface area contributed by atoms with Crippen molar-refractivity contribution in [1.29, 1.82) is 0 Å². The summed E-state index contributed by atoms with van der Waals surface area (Å²) in [5.74, 6) is -0.620. The summed E-state index contributed by atoms with van der Waals surface area (Å²) in [7, 11) is 0. The van der Waals surface area contributed by atoms with E-state index in [1.807, 2.05) is 79.0 Å². The lowest BCUT2D eigenvalue weighted by atomic mass is 9.77. The number of rotatable bonds is 6. The quantitative estimate of drug-likeness (QED) is 0.107. The van der Waals surface area contributed by atoms with E-state index in [9.17, 15) is 4.79 Å². The highest BCUT2D eigenvalue weighted by molar-refractivity contribution is 6.53. The van der Waals surface area contributed by atoms with Crippen LogP contribution in [0.2, 0.25) is 20.1 Å². The van der Waals surface area contributed by atoms with Gasteiger partial charge in [0.2, 0.25) is 0 Å². The van der Waals surface area contributed by atoms with Crippen molar-refractivity contribution in [3.05, 3.63) is 127 Å². The zero-order valence-electron chi connectivity index (χ0n) is 22.6. The average Bonchev–Trinajstić information content (AvgIpc) is 3.48. The van der Waals surface area contributed by atoms with Crippen LogP contribution in [0.5, 0.6) is 0 Å². The molecule has 1 aliphatic heterocycles. The van der Waals surface area contributed by atoms with Gasteiger partial charge in [0.25, 0.3) is 0 Å². The Morgan fingerprint density at radius 2 is 1.39 bits per heavy atom. The number of hydrogen-bond donors (Lipinski definition) is 0. The summed E-state index contributed by atoms with van der Waals surface area (Å²) < 4.78 is 8.65. The van der Waals surface area contributed by atoms with Gasteiger partial charge in [-0.15, -0.1) is 0 Å². The Morgan fingerprint density at radius 1 is 0.756 bits per heavy atom. The molecule has 1 unspecified atom stereocenters. The van der Waals surface area contributed by atoms with Gasteiger partial charge in [0.05, 0.1) is 31.2 Å². The van der Waals surface area contributed by atoms with Crippen LogP contribution in [0.1, 0.15) is 46.6 Å². The maximum atomic E-state index is 13.8. The smallest absolute Gasteiger partial charge is 0.341 e. The Bertz CT molecular complexity index is 1810. The minimum Gasteiger partial charge on any atom is -0.440 e. The van der Waals surface area contributed by atoms with E-state index in [-0.39, 0.29) is 25.7 Å². The van der Waals surface area contributed by atoms with E-state index in [4.69, 9.17) is 51.1 Å². The Balaban J connectivity index is 1.80. The summed E-state index contributed by atoms with van der Waals surface area (Å²) in [5, 5.41) is 0.231. The molecule has 0 fully saturated rings. The molecule has 0 amide bonds. The Kier molecular flexibility index (Phi) is 7.24. The molecule has 4 nitrogen and oxygen atoms in total. The van der Waals surface area contributed by atoms with Crippen molar-refractivity contribution < 1.29 is 9.53 Å². The Morgan fingerprint density at radius 3 is 2.05 bits per heavy atom. The number of fused-ring (bicyclic) bond motifs is 2. The molecule has 208 valence electrons. The van der Waals surface area contributed by atoms with Crippen LogP contribution in [-0.2, 0) is 10.3 Å². The summed E-state index contributed by atoms with van der Waals surface area (Å²) in [6.45, 7) is 8.00. The first kappa shape index (κ1) is 28.0. The number of halogens is 4. The molecule has 8 heteroatoms. The topological polar surface area (TPSA) is 34.0 Å². The van der Waals surface area contributed by atoms with Crippen LogP contribution < -0.4 is 4.90 Å². The molecule has 5 aromatic rings. The molecule has 0 saturated carbocycles. The van der Waals surface area contributed by atoms with E-state index in [0.717, 1.165) is 46.7 Å². The second-order valence-electron chi connectivity index (χ2n) is 9.95. The molecular weight excluding hydrogens is 598 g/mol. The van der Waals surface area contributed by atoms with Crippen molar-refractivity contribution in [3.63, 3.8) is 0 Å². The Labute approximate surface area is 259 Å². The van der Waals surface area contributed by atoms with Crippen LogP contribution >= 0.6 is 46.4 Å². The minimum absolute atomic E-state index is 0.0166. The van der Waals surface area contributed by atoms with E-state index in [0.29, 0.717) is 11.1 Å². The highest BCUT2D eigenvalue weighted by atomic mass is 35.5. The first-order chi connectivity index (χ1) is 19.8. The van der Waals surface area contributed by atoms with Gasteiger partial charge < -0.3 is 14.0 Å². The van der Waals surface area contributed by atoms with E-state index < -0.39 is 11.6 Å². The fraction of sp³-hybridized carbons (Fsp3) is 0.182. The molecule has 2 aromatic heterocycles. The lowest BCUT2D eigenvalue weighted by Gasteiger charge is -2.32. The normalized spacial score (nSPS) is 16.2. The van der Waals surface area contributed by atoms with Crippen LogP contribution in [0.25, 0.3) is 16.6 Å². The number of benzene rings is 3. The number of nitrogens with zero attached hydrogens (tertiary/aromatic N) is 2. The maximum Gasteiger partial charge on any atom is 0.341 e. The van der Waals surface area contributed by atoms with Crippen LogP contribution in [0.15, 0.2) is 79.0 Å². The SMILES string of the molecule is CCN(CC)c1ccc(C2(c3c(-c4ccccc4)c(C)n4ccccc34)OC(=O)c3c(Cl)c(Cl)c(Cl)c(Cl)c32)cc1. The van der Waals surface area contributed by atoms with Gasteiger partial charge in [-0.3, -0.25) is 0 Å². The predicted molar refractivity (Wildman–Crippen MR) is 169 cm³/mol. The number of carbonyl (C=O) groups is 1. The molecule has 0 radical (unpaired) electrons. The number of hydrogen-bond acceptors (Lipinski definition) is 3. The largest absolute Gasteiger partial charge is 0.440 e. The molecule has 0 N–H and O–H groups in total. The molecule has 1 aliphatic rings. The highest BCUT2D eigenvalue weighted by Gasteiger charge is 2.54. The maximum absolute atomic E-state index is 13.8. The number of aryl methyl sites for hydroxylation is 1. The van der Waals surface area contributed by atoms with Crippen molar-refractivity contribution in [2.75, 3.05) is 18.0 Å². The van der Waals surface area contributed by atoms with E-state index >= 15 is 0 Å². The first-order valence-corrected chi connectivity index (χ1v) is 14.9. The molecule has 6 rings (SSSR count). The van der Waals surface area contributed by atoms with Crippen molar-refractivity contribution in [1.82, 2.24) is 4.40 Å². The van der Waals surface area contributed by atoms with Gasteiger partial charge in [0.1, 0.15) is 0 Å². The van der Waals surface area contributed by atoms with Gasteiger partial charge >= 0.3 is 5.97 Å². The number of anilines is 1. The number of cyclic esters (lactones) is 1. The van der Waals surface area contributed by atoms with Crippen molar-refractivity contribution in [3.8, 4) is 11.1 Å². The molecule has 0 aliphatic carbocycles.